The Kier molecular flexibility index (Phi) is 24.6. The van der Waals surface area contributed by atoms with E-state index < -0.39 is 5.97 Å². The van der Waals surface area contributed by atoms with Crippen molar-refractivity contribution < 1.29 is 39.2 Å². The molecule has 14 nitrogen and oxygen atoms in total. The van der Waals surface area contributed by atoms with Crippen molar-refractivity contribution in [3.8, 4) is 28.6 Å². The molecular formula is C37H58N6O8. The van der Waals surface area contributed by atoms with E-state index in [1.807, 2.05) is 45.2 Å². The number of unbranched alkanes of at least 4 members (excludes halogenated alkanes) is 2. The van der Waals surface area contributed by atoms with Crippen LogP contribution >= 0.6 is 0 Å². The monoisotopic (exact) mass is 714 g/mol. The quantitative estimate of drug-likeness (QED) is 0.147. The number of carboxylic acid groups (broad SMARTS) is 1. The summed E-state index contributed by atoms with van der Waals surface area (Å²) in [6.45, 7) is 16.2. The smallest absolute Gasteiger partial charge is 0.303 e. The molecular weight excluding hydrogens is 656 g/mol. The van der Waals surface area contributed by atoms with Crippen molar-refractivity contribution in [2.24, 2.45) is 0 Å². The van der Waals surface area contributed by atoms with Gasteiger partial charge >= 0.3 is 5.97 Å². The van der Waals surface area contributed by atoms with Crippen molar-refractivity contribution >= 4 is 25.0 Å². The average molecular weight is 715 g/mol. The number of phenolic OH excluding ortho intramolecular Hbond substituents is 2. The minimum Gasteiger partial charge on any atom is -0.508 e. The molecule has 0 radical (unpaired) electrons. The zero-order valence-corrected chi connectivity index (χ0v) is 31.5. The van der Waals surface area contributed by atoms with Gasteiger partial charge in [0.1, 0.15) is 17.8 Å². The molecule has 0 aliphatic carbocycles. The van der Waals surface area contributed by atoms with Crippen molar-refractivity contribution in [1.82, 2.24) is 29.9 Å². The molecule has 1 aliphatic heterocycles. The Bertz CT molecular complexity index is 1420. The molecule has 1 saturated heterocycles. The molecule has 4 rings (SSSR count). The van der Waals surface area contributed by atoms with Gasteiger partial charge in [0.2, 0.25) is 5.82 Å². The van der Waals surface area contributed by atoms with Gasteiger partial charge in [0.05, 0.1) is 12.7 Å². The molecule has 0 atom stereocenters. The summed E-state index contributed by atoms with van der Waals surface area (Å²) in [5.74, 6) is -0.306. The Morgan fingerprint density at radius 1 is 0.980 bits per heavy atom. The number of nitrogens with one attached hydrogen (secondary N) is 1. The molecule has 0 bridgehead atoms. The third-order valence-electron chi connectivity index (χ3n) is 7.43. The van der Waals surface area contributed by atoms with E-state index in [9.17, 15) is 24.6 Å². The summed E-state index contributed by atoms with van der Waals surface area (Å²) in [5.41, 5.74) is 3.01. The lowest BCUT2D eigenvalue weighted by Gasteiger charge is -2.32. The van der Waals surface area contributed by atoms with E-state index in [0.717, 1.165) is 70.5 Å². The molecule has 1 fully saturated rings. The molecule has 3 aromatic rings. The van der Waals surface area contributed by atoms with Gasteiger partial charge in [-0.3, -0.25) is 23.9 Å². The minimum atomic E-state index is -0.745. The molecule has 0 unspecified atom stereocenters. The van der Waals surface area contributed by atoms with Crippen LogP contribution in [0.3, 0.4) is 0 Å². The van der Waals surface area contributed by atoms with Crippen LogP contribution in [-0.4, -0.2) is 119 Å². The fourth-order valence-electron chi connectivity index (χ4n) is 4.34. The first-order valence-corrected chi connectivity index (χ1v) is 17.1. The number of carbonyl (C=O) groups is 4. The van der Waals surface area contributed by atoms with Crippen LogP contribution in [0.4, 0.5) is 0 Å². The normalized spacial score (nSPS) is 12.3. The molecule has 1 aliphatic rings. The van der Waals surface area contributed by atoms with Crippen LogP contribution < -0.4 is 5.32 Å². The number of likely N-dealkylation sites (N-methyl/N-ethyl adjacent to an activating group) is 1. The number of benzene rings is 2. The van der Waals surface area contributed by atoms with Gasteiger partial charge in [-0.25, -0.2) is 0 Å². The Balaban J connectivity index is 0.00000108. The Hall–Kier alpha value is -4.66. The van der Waals surface area contributed by atoms with Crippen molar-refractivity contribution in [1.29, 1.82) is 0 Å². The number of ether oxygens (including phenoxy) is 1. The van der Waals surface area contributed by atoms with Gasteiger partial charge in [-0.05, 0) is 62.3 Å². The van der Waals surface area contributed by atoms with Gasteiger partial charge in [-0.1, -0.05) is 53.2 Å². The molecule has 51 heavy (non-hydrogen) atoms. The third-order valence-corrected chi connectivity index (χ3v) is 7.43. The van der Waals surface area contributed by atoms with Crippen LogP contribution in [0, 0.1) is 0 Å². The lowest BCUT2D eigenvalue weighted by Crippen LogP contribution is -2.43. The fourth-order valence-corrected chi connectivity index (χ4v) is 4.34. The Morgan fingerprint density at radius 3 is 1.96 bits per heavy atom. The van der Waals surface area contributed by atoms with Crippen LogP contribution in [-0.2, 0) is 25.7 Å². The highest BCUT2D eigenvalue weighted by molar-refractivity contribution is 5.76. The van der Waals surface area contributed by atoms with Crippen molar-refractivity contribution in [3.05, 3.63) is 53.3 Å². The second-order valence-corrected chi connectivity index (χ2v) is 11.8. The Morgan fingerprint density at radius 2 is 1.55 bits per heavy atom. The number of aliphatic carboxylic acids is 1. The molecule has 0 amide bonds. The van der Waals surface area contributed by atoms with Gasteiger partial charge in [-0.2, -0.15) is 0 Å². The lowest BCUT2D eigenvalue weighted by molar-refractivity contribution is -0.136. The first-order chi connectivity index (χ1) is 24.4. The minimum absolute atomic E-state index is 0.0242. The molecule has 0 spiro atoms. The number of carbonyl (C=O) groups excluding carboxylic acids is 3. The van der Waals surface area contributed by atoms with E-state index in [1.165, 1.54) is 18.7 Å². The van der Waals surface area contributed by atoms with Gasteiger partial charge < -0.3 is 35.1 Å². The molecule has 2 aromatic carbocycles. The molecule has 1 aromatic heterocycles. The van der Waals surface area contributed by atoms with E-state index in [2.05, 4.69) is 50.9 Å². The topological polar surface area (TPSA) is 187 Å². The summed E-state index contributed by atoms with van der Waals surface area (Å²) in [4.78, 5) is 44.3. The van der Waals surface area contributed by atoms with E-state index in [4.69, 9.17) is 9.90 Å². The maximum absolute atomic E-state index is 11.7. The van der Waals surface area contributed by atoms with Crippen molar-refractivity contribution in [2.75, 3.05) is 53.9 Å². The number of methoxy groups -OCH3 is 1. The maximum atomic E-state index is 11.7. The van der Waals surface area contributed by atoms with Crippen molar-refractivity contribution in [2.45, 2.75) is 72.8 Å². The van der Waals surface area contributed by atoms with Crippen LogP contribution in [0.5, 0.6) is 11.5 Å². The standard InChI is InChI=1S/C24H29N5O3.C5H10O.C3H9N.C3H6O2.C2H4O2/c1-16(2)19-12-20(22(32)13-21(19)31)24-26-25-23(15-30)29(24)18-6-4-17(5-7-18)14-28-10-8-27(3)9-11-28;1-2-3-4-5-6;1-3-4-2;1-2-3(4)5;1-4-2-3/h4-7,12-13,15-16,31-32H,8-11,14H2,1-3H3;5H,2-4H2,1H3;4H,3H2,1-2H3;2H2,1H3,(H,4,5);2H,1H3. The second-order valence-electron chi connectivity index (χ2n) is 11.8. The molecule has 284 valence electrons. The van der Waals surface area contributed by atoms with Crippen LogP contribution in [0.1, 0.15) is 88.0 Å². The Labute approximate surface area is 302 Å². The zero-order valence-electron chi connectivity index (χ0n) is 31.5. The second kappa shape index (κ2) is 27.1. The fraction of sp³-hybridized carbons (Fsp3) is 0.514. The number of carboxylic acids is 1. The maximum Gasteiger partial charge on any atom is 0.303 e. The van der Waals surface area contributed by atoms with E-state index in [1.54, 1.807) is 17.6 Å². The highest BCUT2D eigenvalue weighted by Gasteiger charge is 2.21. The zero-order chi connectivity index (χ0) is 38.8. The number of hydrogen-bond acceptors (Lipinski definition) is 12. The predicted octanol–water partition coefficient (Wildman–Crippen LogP) is 4.90. The van der Waals surface area contributed by atoms with Crippen LogP contribution in [0.25, 0.3) is 17.1 Å². The number of hydrogen-bond donors (Lipinski definition) is 4. The number of aromatic nitrogens is 3. The third kappa shape index (κ3) is 17.7. The molecule has 14 heteroatoms. The molecule has 4 N–H and O–H groups in total. The average Bonchev–Trinajstić information content (AvgIpc) is 3.56. The van der Waals surface area contributed by atoms with E-state index >= 15 is 0 Å². The summed E-state index contributed by atoms with van der Waals surface area (Å²) in [6.07, 6.45) is 4.73. The van der Waals surface area contributed by atoms with Crippen LogP contribution in [0.15, 0.2) is 36.4 Å². The van der Waals surface area contributed by atoms with Gasteiger partial charge in [-0.15, -0.1) is 10.2 Å². The number of phenols is 2. The van der Waals surface area contributed by atoms with Crippen LogP contribution in [0.2, 0.25) is 0 Å². The largest absolute Gasteiger partial charge is 0.508 e. The number of rotatable bonds is 12. The van der Waals surface area contributed by atoms with Crippen molar-refractivity contribution in [3.63, 3.8) is 0 Å². The summed E-state index contributed by atoms with van der Waals surface area (Å²) >= 11 is 0. The number of piperazine rings is 1. The summed E-state index contributed by atoms with van der Waals surface area (Å²) in [7, 11) is 5.39. The number of aromatic hydroxyl groups is 2. The highest BCUT2D eigenvalue weighted by Crippen LogP contribution is 2.38. The molecule has 0 saturated carbocycles. The summed E-state index contributed by atoms with van der Waals surface area (Å²) in [5, 5.41) is 39.5. The van der Waals surface area contributed by atoms with E-state index in [0.29, 0.717) is 29.7 Å². The first kappa shape index (κ1) is 46.3. The number of aldehydes is 2. The van der Waals surface area contributed by atoms with E-state index in [-0.39, 0.29) is 29.7 Å². The van der Waals surface area contributed by atoms with Gasteiger partial charge in [0.25, 0.3) is 6.47 Å². The summed E-state index contributed by atoms with van der Waals surface area (Å²) in [6, 6.07) is 11.0. The van der Waals surface area contributed by atoms with Gasteiger partial charge in [0.15, 0.2) is 12.1 Å². The lowest BCUT2D eigenvalue weighted by atomic mass is 9.98. The summed E-state index contributed by atoms with van der Waals surface area (Å²) < 4.78 is 5.49. The SMILES string of the molecule is CC(C)c1cc(-c2nnc(C=O)n2-c2ccc(CN3CCN(C)CC3)cc2)c(O)cc1O.CCC(=O)O.CCCCC=O.CCNC.COC=O. The predicted molar refractivity (Wildman–Crippen MR) is 199 cm³/mol. The number of nitrogens with zero attached hydrogens (tertiary/aromatic N) is 5. The first-order valence-electron chi connectivity index (χ1n) is 17.1. The highest BCUT2D eigenvalue weighted by atomic mass is 16.5. The van der Waals surface area contributed by atoms with Gasteiger partial charge in [0, 0.05) is 57.3 Å². The molecule has 2 heterocycles.